The number of carbonyl (C=O) groups excluding carboxylic acids is 3. The third kappa shape index (κ3) is 7.40. The Morgan fingerprint density at radius 3 is 2.05 bits per heavy atom. The molecular formula is C12H24N4O3. The van der Waals surface area contributed by atoms with E-state index >= 15 is 0 Å². The fourth-order valence-electron chi connectivity index (χ4n) is 1.35. The highest BCUT2D eigenvalue weighted by atomic mass is 16.2. The smallest absolute Gasteiger partial charge is 0.321 e. The van der Waals surface area contributed by atoms with E-state index in [-0.39, 0.29) is 5.91 Å². The summed E-state index contributed by atoms with van der Waals surface area (Å²) in [7, 11) is 0. The molecule has 0 spiro atoms. The topological polar surface area (TPSA) is 99.3 Å². The van der Waals surface area contributed by atoms with Crippen LogP contribution in [0.3, 0.4) is 0 Å². The first kappa shape index (κ1) is 17.4. The Bertz CT molecular complexity index is 320. The standard InChI is InChI=1S/C12H24N4O3/c1-5-7-14-10(17)8(3)15-9(4)11(18)16-12(19)13-6-2/h8-9,15H,5-7H2,1-4H3,(H,14,17)(H2,13,16,18,19). The van der Waals surface area contributed by atoms with E-state index in [0.717, 1.165) is 6.42 Å². The van der Waals surface area contributed by atoms with Gasteiger partial charge in [-0.2, -0.15) is 0 Å². The molecule has 0 aromatic heterocycles. The van der Waals surface area contributed by atoms with Gasteiger partial charge in [-0.05, 0) is 27.2 Å². The maximum absolute atomic E-state index is 11.6. The molecule has 0 aliphatic carbocycles. The fourth-order valence-corrected chi connectivity index (χ4v) is 1.35. The largest absolute Gasteiger partial charge is 0.355 e. The normalized spacial score (nSPS) is 13.3. The Morgan fingerprint density at radius 1 is 0.947 bits per heavy atom. The van der Waals surface area contributed by atoms with Crippen LogP contribution in [0.25, 0.3) is 0 Å². The Hall–Kier alpha value is -1.63. The number of carbonyl (C=O) groups is 3. The number of hydrogen-bond acceptors (Lipinski definition) is 4. The van der Waals surface area contributed by atoms with Crippen molar-refractivity contribution in [2.24, 2.45) is 0 Å². The van der Waals surface area contributed by atoms with Crippen LogP contribution in [-0.4, -0.2) is 43.0 Å². The number of amides is 4. The monoisotopic (exact) mass is 272 g/mol. The van der Waals surface area contributed by atoms with Gasteiger partial charge in [-0.15, -0.1) is 0 Å². The Balaban J connectivity index is 4.13. The van der Waals surface area contributed by atoms with E-state index in [1.54, 1.807) is 20.8 Å². The lowest BCUT2D eigenvalue weighted by atomic mass is 10.2. The van der Waals surface area contributed by atoms with Crippen molar-refractivity contribution in [2.75, 3.05) is 13.1 Å². The maximum Gasteiger partial charge on any atom is 0.321 e. The molecule has 4 amide bonds. The minimum Gasteiger partial charge on any atom is -0.355 e. The van der Waals surface area contributed by atoms with E-state index in [1.807, 2.05) is 6.92 Å². The molecule has 0 aliphatic heterocycles. The molecule has 4 N–H and O–H groups in total. The molecule has 0 aromatic carbocycles. The van der Waals surface area contributed by atoms with Gasteiger partial charge in [-0.25, -0.2) is 4.79 Å². The Kier molecular flexibility index (Phi) is 8.52. The van der Waals surface area contributed by atoms with Crippen LogP contribution >= 0.6 is 0 Å². The first-order chi connectivity index (χ1) is 8.92. The molecule has 19 heavy (non-hydrogen) atoms. The van der Waals surface area contributed by atoms with Gasteiger partial charge < -0.3 is 10.6 Å². The predicted octanol–water partition coefficient (Wildman–Crippen LogP) is -0.275. The van der Waals surface area contributed by atoms with Gasteiger partial charge in [0.1, 0.15) is 0 Å². The van der Waals surface area contributed by atoms with Crippen LogP contribution in [0.1, 0.15) is 34.1 Å². The maximum atomic E-state index is 11.6. The summed E-state index contributed by atoms with van der Waals surface area (Å²) in [5.41, 5.74) is 0. The minimum atomic E-state index is -0.634. The van der Waals surface area contributed by atoms with Gasteiger partial charge in [0.15, 0.2) is 0 Å². The minimum absolute atomic E-state index is 0.167. The van der Waals surface area contributed by atoms with Gasteiger partial charge >= 0.3 is 6.03 Å². The fraction of sp³-hybridized carbons (Fsp3) is 0.750. The third-order valence-electron chi connectivity index (χ3n) is 2.41. The zero-order valence-corrected chi connectivity index (χ0v) is 12.0. The van der Waals surface area contributed by atoms with E-state index in [2.05, 4.69) is 21.3 Å². The second kappa shape index (κ2) is 9.32. The molecule has 0 aromatic rings. The van der Waals surface area contributed by atoms with Crippen molar-refractivity contribution in [1.29, 1.82) is 0 Å². The summed E-state index contributed by atoms with van der Waals surface area (Å²) in [4.78, 5) is 34.4. The predicted molar refractivity (Wildman–Crippen MR) is 72.6 cm³/mol. The molecule has 2 unspecified atom stereocenters. The number of nitrogens with one attached hydrogen (secondary N) is 4. The molecule has 0 heterocycles. The van der Waals surface area contributed by atoms with Crippen molar-refractivity contribution >= 4 is 17.8 Å². The molecule has 0 saturated carbocycles. The summed E-state index contributed by atoms with van der Waals surface area (Å²) in [6, 6.07) is -1.67. The van der Waals surface area contributed by atoms with Gasteiger partial charge in [-0.3, -0.25) is 20.2 Å². The molecule has 7 heteroatoms. The highest BCUT2D eigenvalue weighted by molar-refractivity contribution is 5.97. The van der Waals surface area contributed by atoms with Crippen LogP contribution < -0.4 is 21.3 Å². The molecule has 0 rings (SSSR count). The number of urea groups is 1. The molecule has 0 saturated heterocycles. The van der Waals surface area contributed by atoms with Crippen molar-refractivity contribution < 1.29 is 14.4 Å². The van der Waals surface area contributed by atoms with Crippen molar-refractivity contribution in [3.05, 3.63) is 0 Å². The van der Waals surface area contributed by atoms with Gasteiger partial charge in [-0.1, -0.05) is 6.92 Å². The lowest BCUT2D eigenvalue weighted by Crippen LogP contribution is -2.53. The quantitative estimate of drug-likeness (QED) is 0.512. The van der Waals surface area contributed by atoms with E-state index < -0.39 is 24.0 Å². The first-order valence-corrected chi connectivity index (χ1v) is 6.54. The van der Waals surface area contributed by atoms with Gasteiger partial charge in [0.05, 0.1) is 12.1 Å². The van der Waals surface area contributed by atoms with Crippen LogP contribution in [0.5, 0.6) is 0 Å². The Labute approximate surface area is 113 Å². The van der Waals surface area contributed by atoms with Crippen molar-refractivity contribution in [1.82, 2.24) is 21.3 Å². The zero-order valence-electron chi connectivity index (χ0n) is 12.0. The molecule has 2 atom stereocenters. The summed E-state index contributed by atoms with van der Waals surface area (Å²) in [5.74, 6) is -0.638. The molecule has 110 valence electrons. The highest BCUT2D eigenvalue weighted by Crippen LogP contribution is 1.89. The van der Waals surface area contributed by atoms with Crippen LogP contribution in [0.4, 0.5) is 4.79 Å². The second-order valence-corrected chi connectivity index (χ2v) is 4.25. The van der Waals surface area contributed by atoms with E-state index in [9.17, 15) is 14.4 Å². The average molecular weight is 272 g/mol. The first-order valence-electron chi connectivity index (χ1n) is 6.54. The van der Waals surface area contributed by atoms with Gasteiger partial charge in [0.2, 0.25) is 11.8 Å². The molecule has 0 fully saturated rings. The molecule has 0 aliphatic rings. The zero-order chi connectivity index (χ0) is 14.8. The lowest BCUT2D eigenvalue weighted by molar-refractivity contribution is -0.124. The number of hydrogen-bond donors (Lipinski definition) is 4. The highest BCUT2D eigenvalue weighted by Gasteiger charge is 2.20. The molecule has 7 nitrogen and oxygen atoms in total. The summed E-state index contributed by atoms with van der Waals surface area (Å²) in [6.07, 6.45) is 0.853. The number of rotatable bonds is 7. The van der Waals surface area contributed by atoms with Crippen molar-refractivity contribution in [3.8, 4) is 0 Å². The summed E-state index contributed by atoms with van der Waals surface area (Å²) < 4.78 is 0. The van der Waals surface area contributed by atoms with Crippen LogP contribution in [-0.2, 0) is 9.59 Å². The van der Waals surface area contributed by atoms with Crippen LogP contribution in [0, 0.1) is 0 Å². The van der Waals surface area contributed by atoms with Crippen molar-refractivity contribution in [2.45, 2.75) is 46.2 Å². The molecule has 0 bridgehead atoms. The van der Waals surface area contributed by atoms with Gasteiger partial charge in [0, 0.05) is 13.1 Å². The summed E-state index contributed by atoms with van der Waals surface area (Å²) in [5, 5.41) is 10.2. The van der Waals surface area contributed by atoms with E-state index in [0.29, 0.717) is 13.1 Å². The average Bonchev–Trinajstić information content (AvgIpc) is 2.35. The van der Waals surface area contributed by atoms with Gasteiger partial charge in [0.25, 0.3) is 0 Å². The third-order valence-corrected chi connectivity index (χ3v) is 2.41. The van der Waals surface area contributed by atoms with Crippen LogP contribution in [0.15, 0.2) is 0 Å². The molecule has 0 radical (unpaired) electrons. The van der Waals surface area contributed by atoms with Crippen LogP contribution in [0.2, 0.25) is 0 Å². The summed E-state index contributed by atoms with van der Waals surface area (Å²) >= 11 is 0. The van der Waals surface area contributed by atoms with E-state index in [1.165, 1.54) is 0 Å². The lowest BCUT2D eigenvalue weighted by Gasteiger charge is -2.18. The summed E-state index contributed by atoms with van der Waals surface area (Å²) in [6.45, 7) is 8.02. The SMILES string of the molecule is CCCNC(=O)C(C)NC(C)C(=O)NC(=O)NCC. The Morgan fingerprint density at radius 2 is 1.53 bits per heavy atom. The second-order valence-electron chi connectivity index (χ2n) is 4.25. The number of imide groups is 1. The van der Waals surface area contributed by atoms with E-state index in [4.69, 9.17) is 0 Å². The van der Waals surface area contributed by atoms with Crippen molar-refractivity contribution in [3.63, 3.8) is 0 Å². The molecular weight excluding hydrogens is 248 g/mol.